The number of furan rings is 1. The average molecular weight is 406 g/mol. The highest BCUT2D eigenvalue weighted by molar-refractivity contribution is 6.33. The predicted octanol–water partition coefficient (Wildman–Crippen LogP) is 5.36. The van der Waals surface area contributed by atoms with E-state index < -0.39 is 4.92 Å². The number of nitro groups is 1. The van der Waals surface area contributed by atoms with Crippen LogP contribution in [-0.2, 0) is 6.54 Å². The van der Waals surface area contributed by atoms with Crippen LogP contribution < -0.4 is 10.6 Å². The van der Waals surface area contributed by atoms with E-state index in [9.17, 15) is 10.1 Å². The third kappa shape index (κ3) is 5.01. The highest BCUT2D eigenvalue weighted by Crippen LogP contribution is 2.29. The Balaban J connectivity index is 1.46. The Morgan fingerprint density at radius 3 is 2.56 bits per heavy atom. The lowest BCUT2D eigenvalue weighted by Gasteiger charge is -2.08. The minimum absolute atomic E-state index is 0.0316. The summed E-state index contributed by atoms with van der Waals surface area (Å²) < 4.78 is 5.82. The molecule has 0 aliphatic carbocycles. The maximum absolute atomic E-state index is 10.7. The van der Waals surface area contributed by atoms with Gasteiger partial charge in [0.2, 0.25) is 0 Å². The highest BCUT2D eigenvalue weighted by Gasteiger charge is 2.09. The van der Waals surface area contributed by atoms with Crippen molar-refractivity contribution in [3.8, 4) is 11.3 Å². The van der Waals surface area contributed by atoms with Crippen LogP contribution in [0, 0.1) is 10.1 Å². The van der Waals surface area contributed by atoms with Crippen molar-refractivity contribution in [3.63, 3.8) is 0 Å². The summed E-state index contributed by atoms with van der Waals surface area (Å²) in [6.07, 6.45) is 0. The van der Waals surface area contributed by atoms with Gasteiger partial charge in [-0.3, -0.25) is 10.1 Å². The average Bonchev–Trinajstić information content (AvgIpc) is 3.11. The number of halogens is 2. The second-order valence-electron chi connectivity index (χ2n) is 5.77. The first-order valence-corrected chi connectivity index (χ1v) is 9.02. The molecule has 1 heterocycles. The molecule has 6 nitrogen and oxygen atoms in total. The van der Waals surface area contributed by atoms with Crippen molar-refractivity contribution < 1.29 is 9.34 Å². The predicted molar refractivity (Wildman–Crippen MR) is 107 cm³/mol. The summed E-state index contributed by atoms with van der Waals surface area (Å²) >= 11 is 12.2. The Morgan fingerprint density at radius 2 is 1.81 bits per heavy atom. The number of non-ortho nitro benzene ring substituents is 1. The van der Waals surface area contributed by atoms with Gasteiger partial charge in [0.1, 0.15) is 11.5 Å². The number of hydrogen-bond donors (Lipinski definition) is 2. The molecule has 0 unspecified atom stereocenters. The zero-order chi connectivity index (χ0) is 19.2. The number of nitro benzene ring substituents is 1. The van der Waals surface area contributed by atoms with Gasteiger partial charge in [-0.25, -0.2) is 0 Å². The van der Waals surface area contributed by atoms with Gasteiger partial charge in [0.25, 0.3) is 5.69 Å². The molecule has 0 atom stereocenters. The Labute approximate surface area is 166 Å². The molecule has 0 saturated carbocycles. The van der Waals surface area contributed by atoms with E-state index >= 15 is 0 Å². The van der Waals surface area contributed by atoms with Crippen molar-refractivity contribution in [2.45, 2.75) is 6.54 Å². The normalized spacial score (nSPS) is 10.7. The topological polar surface area (TPSA) is 80.3 Å². The van der Waals surface area contributed by atoms with Crippen LogP contribution in [0.25, 0.3) is 11.3 Å². The van der Waals surface area contributed by atoms with Gasteiger partial charge in [0, 0.05) is 30.8 Å². The fourth-order valence-corrected chi connectivity index (χ4v) is 3.01. The van der Waals surface area contributed by atoms with Gasteiger partial charge < -0.3 is 15.1 Å². The van der Waals surface area contributed by atoms with Crippen LogP contribution in [0.5, 0.6) is 0 Å². The van der Waals surface area contributed by atoms with E-state index in [4.69, 9.17) is 27.6 Å². The van der Waals surface area contributed by atoms with Gasteiger partial charge >= 0.3 is 0 Å². The maximum atomic E-state index is 10.7. The van der Waals surface area contributed by atoms with Crippen LogP contribution in [0.2, 0.25) is 10.0 Å². The fraction of sp³-hybridized carbons (Fsp3) is 0.158. The van der Waals surface area contributed by atoms with E-state index in [-0.39, 0.29) is 5.69 Å². The number of hydrogen-bond acceptors (Lipinski definition) is 5. The molecule has 27 heavy (non-hydrogen) atoms. The first-order valence-electron chi connectivity index (χ1n) is 8.27. The van der Waals surface area contributed by atoms with E-state index in [1.54, 1.807) is 6.07 Å². The van der Waals surface area contributed by atoms with Crippen LogP contribution in [0.3, 0.4) is 0 Å². The van der Waals surface area contributed by atoms with Gasteiger partial charge in [0.05, 0.1) is 27.2 Å². The molecule has 8 heteroatoms. The molecule has 0 amide bonds. The molecule has 0 fully saturated rings. The van der Waals surface area contributed by atoms with Crippen LogP contribution in [-0.4, -0.2) is 18.0 Å². The van der Waals surface area contributed by atoms with Gasteiger partial charge in [-0.05, 0) is 30.3 Å². The Morgan fingerprint density at radius 1 is 1.00 bits per heavy atom. The van der Waals surface area contributed by atoms with Gasteiger partial charge in [-0.15, -0.1) is 0 Å². The molecule has 2 N–H and O–H groups in total. The monoisotopic (exact) mass is 405 g/mol. The molecule has 3 aromatic rings. The molecule has 0 aliphatic rings. The van der Waals surface area contributed by atoms with Crippen molar-refractivity contribution in [1.82, 2.24) is 5.32 Å². The van der Waals surface area contributed by atoms with Crippen molar-refractivity contribution >= 4 is 34.6 Å². The van der Waals surface area contributed by atoms with E-state index in [0.29, 0.717) is 35.4 Å². The fourth-order valence-electron chi connectivity index (χ4n) is 2.54. The molecule has 3 rings (SSSR count). The van der Waals surface area contributed by atoms with Crippen LogP contribution in [0.4, 0.5) is 11.4 Å². The molecular formula is C19H17Cl2N3O3. The molecule has 0 aliphatic heterocycles. The quantitative estimate of drug-likeness (QED) is 0.299. The smallest absolute Gasteiger partial charge is 0.271 e. The van der Waals surface area contributed by atoms with E-state index in [2.05, 4.69) is 10.6 Å². The molecular weight excluding hydrogens is 389 g/mol. The molecule has 0 saturated heterocycles. The second kappa shape index (κ2) is 8.90. The van der Waals surface area contributed by atoms with E-state index in [1.807, 2.05) is 36.4 Å². The summed E-state index contributed by atoms with van der Waals surface area (Å²) in [5.41, 5.74) is 1.48. The molecule has 2 aromatic carbocycles. The van der Waals surface area contributed by atoms with Gasteiger partial charge in [0.15, 0.2) is 0 Å². The van der Waals surface area contributed by atoms with Crippen molar-refractivity contribution in [2.24, 2.45) is 0 Å². The Kier molecular flexibility index (Phi) is 6.34. The van der Waals surface area contributed by atoms with Gasteiger partial charge in [-0.1, -0.05) is 35.3 Å². The minimum atomic E-state index is -0.475. The van der Waals surface area contributed by atoms with E-state index in [1.165, 1.54) is 12.1 Å². The zero-order valence-electron chi connectivity index (χ0n) is 14.2. The lowest BCUT2D eigenvalue weighted by atomic mass is 10.2. The molecule has 0 bridgehead atoms. The van der Waals surface area contributed by atoms with Crippen LogP contribution >= 0.6 is 23.2 Å². The van der Waals surface area contributed by atoms with Crippen LogP contribution in [0.15, 0.2) is 59.0 Å². The number of nitrogens with one attached hydrogen (secondary N) is 2. The summed E-state index contributed by atoms with van der Waals surface area (Å²) in [7, 11) is 0. The zero-order valence-corrected chi connectivity index (χ0v) is 15.8. The summed E-state index contributed by atoms with van der Waals surface area (Å²) in [5.74, 6) is 1.53. The number of rotatable bonds is 8. The Hall–Kier alpha value is -2.54. The summed E-state index contributed by atoms with van der Waals surface area (Å²) in [6, 6.07) is 15.7. The summed E-state index contributed by atoms with van der Waals surface area (Å²) in [6.45, 7) is 1.84. The third-order valence-corrected chi connectivity index (χ3v) is 4.52. The lowest BCUT2D eigenvalue weighted by molar-refractivity contribution is -0.384. The first-order chi connectivity index (χ1) is 13.0. The number of anilines is 1. The van der Waals surface area contributed by atoms with Gasteiger partial charge in [-0.2, -0.15) is 0 Å². The van der Waals surface area contributed by atoms with E-state index in [0.717, 1.165) is 17.1 Å². The maximum Gasteiger partial charge on any atom is 0.271 e. The largest absolute Gasteiger partial charge is 0.460 e. The van der Waals surface area contributed by atoms with Crippen molar-refractivity contribution in [3.05, 3.63) is 80.5 Å². The third-order valence-electron chi connectivity index (χ3n) is 3.88. The van der Waals surface area contributed by atoms with Crippen molar-refractivity contribution in [1.29, 1.82) is 0 Å². The number of nitrogens with zero attached hydrogens (tertiary/aromatic N) is 1. The summed E-state index contributed by atoms with van der Waals surface area (Å²) in [4.78, 5) is 10.2. The SMILES string of the molecule is O=[N+]([O-])c1ccc(NCCNCc2ccc(-c3ccccc3Cl)o2)c(Cl)c1. The first kappa shape index (κ1) is 19.2. The van der Waals surface area contributed by atoms with Crippen LogP contribution in [0.1, 0.15) is 5.76 Å². The van der Waals surface area contributed by atoms with Crippen molar-refractivity contribution in [2.75, 3.05) is 18.4 Å². The second-order valence-corrected chi connectivity index (χ2v) is 6.59. The lowest BCUT2D eigenvalue weighted by Crippen LogP contribution is -2.21. The summed E-state index contributed by atoms with van der Waals surface area (Å²) in [5, 5.41) is 18.1. The minimum Gasteiger partial charge on any atom is -0.460 e. The standard InChI is InChI=1S/C19H17Cl2N3O3/c20-16-4-2-1-3-15(16)19-8-6-14(27-19)12-22-9-10-23-18-7-5-13(24(25)26)11-17(18)21/h1-8,11,22-23H,9-10,12H2. The molecule has 0 radical (unpaired) electrons. The number of benzene rings is 2. The Bertz CT molecular complexity index is 943. The molecule has 140 valence electrons. The molecule has 1 aromatic heterocycles. The molecule has 0 spiro atoms. The highest BCUT2D eigenvalue weighted by atomic mass is 35.5.